The quantitative estimate of drug-likeness (QED) is 0.572. The van der Waals surface area contributed by atoms with Crippen molar-refractivity contribution in [2.75, 3.05) is 0 Å². The zero-order valence-corrected chi connectivity index (χ0v) is 10.3. The second-order valence-electron chi connectivity index (χ2n) is 4.88. The standard InChI is InChI=1S/C10H18.C4H4S/c1-2-6-10-8-4-3-7-9(10)5-1;1-2-4-5-3-1/h9-10H,1-8H2;1-4H. The van der Waals surface area contributed by atoms with Crippen LogP contribution in [0.15, 0.2) is 22.9 Å². The fourth-order valence-electron chi connectivity index (χ4n) is 3.08. The molecule has 1 aromatic heterocycles. The van der Waals surface area contributed by atoms with E-state index >= 15 is 0 Å². The van der Waals surface area contributed by atoms with E-state index in [1.807, 2.05) is 22.9 Å². The lowest BCUT2D eigenvalue weighted by molar-refractivity contribution is 0.171. The molecule has 0 unspecified atom stereocenters. The van der Waals surface area contributed by atoms with E-state index in [1.165, 1.54) is 25.7 Å². The van der Waals surface area contributed by atoms with Crippen LogP contribution in [0.2, 0.25) is 0 Å². The molecule has 1 heteroatoms. The van der Waals surface area contributed by atoms with Crippen molar-refractivity contribution < 1.29 is 0 Å². The number of rotatable bonds is 0. The zero-order chi connectivity index (χ0) is 10.3. The Morgan fingerprint density at radius 1 is 0.667 bits per heavy atom. The molecule has 2 fully saturated rings. The molecule has 0 bridgehead atoms. The van der Waals surface area contributed by atoms with Gasteiger partial charge < -0.3 is 0 Å². The summed E-state index contributed by atoms with van der Waals surface area (Å²) in [7, 11) is 0. The third-order valence-corrected chi connectivity index (χ3v) is 4.52. The smallest absolute Gasteiger partial charge is 0.00934 e. The minimum absolute atomic E-state index is 1.16. The lowest BCUT2D eigenvalue weighted by Gasteiger charge is -2.35. The van der Waals surface area contributed by atoms with Crippen molar-refractivity contribution in [2.45, 2.75) is 51.4 Å². The van der Waals surface area contributed by atoms with Gasteiger partial charge in [-0.3, -0.25) is 0 Å². The molecular weight excluding hydrogens is 200 g/mol. The highest BCUT2D eigenvalue weighted by molar-refractivity contribution is 7.07. The number of fused-ring (bicyclic) bond motifs is 1. The topological polar surface area (TPSA) is 0 Å². The minimum Gasteiger partial charge on any atom is -0.152 e. The molecule has 15 heavy (non-hydrogen) atoms. The molecule has 1 heterocycles. The first-order chi connectivity index (χ1) is 7.47. The molecule has 0 saturated heterocycles. The molecular formula is C14H22S. The monoisotopic (exact) mass is 222 g/mol. The highest BCUT2D eigenvalue weighted by Gasteiger charge is 2.26. The number of hydrogen-bond donors (Lipinski definition) is 0. The molecule has 0 spiro atoms. The minimum atomic E-state index is 1.16. The molecule has 0 amide bonds. The van der Waals surface area contributed by atoms with E-state index in [0.29, 0.717) is 0 Å². The Labute approximate surface area is 97.7 Å². The Morgan fingerprint density at radius 2 is 1.07 bits per heavy atom. The molecule has 0 aromatic carbocycles. The third-order valence-electron chi connectivity index (χ3n) is 3.89. The van der Waals surface area contributed by atoms with Crippen LogP contribution in [0.5, 0.6) is 0 Å². The van der Waals surface area contributed by atoms with Crippen LogP contribution >= 0.6 is 11.3 Å². The van der Waals surface area contributed by atoms with Gasteiger partial charge in [0.25, 0.3) is 0 Å². The molecule has 1 aromatic rings. The van der Waals surface area contributed by atoms with Gasteiger partial charge in [0.2, 0.25) is 0 Å². The van der Waals surface area contributed by atoms with E-state index < -0.39 is 0 Å². The third kappa shape index (κ3) is 3.64. The van der Waals surface area contributed by atoms with Crippen LogP contribution in [0.3, 0.4) is 0 Å². The van der Waals surface area contributed by atoms with Gasteiger partial charge in [0, 0.05) is 0 Å². The van der Waals surface area contributed by atoms with Crippen LogP contribution in [-0.4, -0.2) is 0 Å². The van der Waals surface area contributed by atoms with Crippen LogP contribution in [0.25, 0.3) is 0 Å². The van der Waals surface area contributed by atoms with Gasteiger partial charge in [-0.1, -0.05) is 63.5 Å². The molecule has 2 aliphatic carbocycles. The van der Waals surface area contributed by atoms with E-state index in [0.717, 1.165) is 11.8 Å². The fourth-order valence-corrected chi connectivity index (χ4v) is 3.54. The number of thiophene rings is 1. The summed E-state index contributed by atoms with van der Waals surface area (Å²) in [4.78, 5) is 0. The Hall–Kier alpha value is -0.300. The van der Waals surface area contributed by atoms with Crippen molar-refractivity contribution in [3.63, 3.8) is 0 Å². The van der Waals surface area contributed by atoms with E-state index in [4.69, 9.17) is 0 Å². The van der Waals surface area contributed by atoms with E-state index in [-0.39, 0.29) is 0 Å². The lowest BCUT2D eigenvalue weighted by atomic mass is 9.71. The van der Waals surface area contributed by atoms with Gasteiger partial charge in [-0.15, -0.1) is 0 Å². The Morgan fingerprint density at radius 3 is 1.33 bits per heavy atom. The van der Waals surface area contributed by atoms with Crippen LogP contribution in [0, 0.1) is 11.8 Å². The van der Waals surface area contributed by atoms with Crippen molar-refractivity contribution in [1.82, 2.24) is 0 Å². The summed E-state index contributed by atoms with van der Waals surface area (Å²) < 4.78 is 0. The summed E-state index contributed by atoms with van der Waals surface area (Å²) in [5.41, 5.74) is 0. The molecule has 0 aliphatic heterocycles. The second-order valence-corrected chi connectivity index (χ2v) is 5.70. The summed E-state index contributed by atoms with van der Waals surface area (Å²) in [5, 5.41) is 4.08. The van der Waals surface area contributed by atoms with Crippen LogP contribution in [-0.2, 0) is 0 Å². The summed E-state index contributed by atoms with van der Waals surface area (Å²) in [6, 6.07) is 4.04. The second kappa shape index (κ2) is 6.32. The summed E-state index contributed by atoms with van der Waals surface area (Å²) in [6.45, 7) is 0. The van der Waals surface area contributed by atoms with Crippen molar-refractivity contribution in [3.05, 3.63) is 22.9 Å². The number of hydrogen-bond acceptors (Lipinski definition) is 1. The SMILES string of the molecule is C1CCC2CCCCC2C1.c1ccsc1. The van der Waals surface area contributed by atoms with Crippen molar-refractivity contribution in [1.29, 1.82) is 0 Å². The first-order valence-electron chi connectivity index (χ1n) is 6.44. The molecule has 0 N–H and O–H groups in total. The first-order valence-corrected chi connectivity index (χ1v) is 7.38. The average Bonchev–Trinajstić information content (AvgIpc) is 2.88. The van der Waals surface area contributed by atoms with Crippen LogP contribution in [0.4, 0.5) is 0 Å². The van der Waals surface area contributed by atoms with E-state index in [2.05, 4.69) is 0 Å². The normalized spacial score (nSPS) is 29.9. The van der Waals surface area contributed by atoms with E-state index in [9.17, 15) is 0 Å². The van der Waals surface area contributed by atoms with Gasteiger partial charge in [-0.2, -0.15) is 11.3 Å². The lowest BCUT2D eigenvalue weighted by Crippen LogP contribution is -2.22. The summed E-state index contributed by atoms with van der Waals surface area (Å²) in [6.07, 6.45) is 12.4. The van der Waals surface area contributed by atoms with Crippen molar-refractivity contribution in [2.24, 2.45) is 11.8 Å². The van der Waals surface area contributed by atoms with Gasteiger partial charge in [0.15, 0.2) is 0 Å². The molecule has 2 saturated carbocycles. The van der Waals surface area contributed by atoms with Crippen LogP contribution in [0.1, 0.15) is 51.4 Å². The Balaban J connectivity index is 0.000000144. The highest BCUT2D eigenvalue weighted by atomic mass is 32.1. The Bertz CT molecular complexity index is 197. The molecule has 84 valence electrons. The maximum Gasteiger partial charge on any atom is -0.00934 e. The van der Waals surface area contributed by atoms with Gasteiger partial charge in [-0.05, 0) is 22.6 Å². The molecule has 2 aliphatic rings. The van der Waals surface area contributed by atoms with Gasteiger partial charge in [0.1, 0.15) is 0 Å². The van der Waals surface area contributed by atoms with Crippen LogP contribution < -0.4 is 0 Å². The average molecular weight is 222 g/mol. The predicted octanol–water partition coefficient (Wildman–Crippen LogP) is 5.11. The first kappa shape index (κ1) is 11.2. The maximum absolute atomic E-state index is 2.04. The maximum atomic E-state index is 2.04. The zero-order valence-electron chi connectivity index (χ0n) is 9.53. The van der Waals surface area contributed by atoms with E-state index in [1.54, 1.807) is 37.0 Å². The van der Waals surface area contributed by atoms with Gasteiger partial charge in [0.05, 0.1) is 0 Å². The molecule has 3 rings (SSSR count). The summed E-state index contributed by atoms with van der Waals surface area (Å²) in [5.74, 6) is 2.31. The predicted molar refractivity (Wildman–Crippen MR) is 68.2 cm³/mol. The molecule has 0 nitrogen and oxygen atoms in total. The van der Waals surface area contributed by atoms with Gasteiger partial charge in [-0.25, -0.2) is 0 Å². The van der Waals surface area contributed by atoms with Crippen molar-refractivity contribution >= 4 is 11.3 Å². The molecule has 0 radical (unpaired) electrons. The summed E-state index contributed by atoms with van der Waals surface area (Å²) >= 11 is 1.71. The fraction of sp³-hybridized carbons (Fsp3) is 0.714. The molecule has 0 atom stereocenters. The van der Waals surface area contributed by atoms with Gasteiger partial charge >= 0.3 is 0 Å². The van der Waals surface area contributed by atoms with Crippen molar-refractivity contribution in [3.8, 4) is 0 Å². The highest BCUT2D eigenvalue weighted by Crippen LogP contribution is 2.39. The Kier molecular flexibility index (Phi) is 4.72. The largest absolute Gasteiger partial charge is 0.152 e.